The summed E-state index contributed by atoms with van der Waals surface area (Å²) in [4.78, 5) is 13.7. The molecule has 0 amide bonds. The van der Waals surface area contributed by atoms with Crippen molar-refractivity contribution in [1.82, 2.24) is 0 Å². The highest BCUT2D eigenvalue weighted by atomic mass is 16.5. The number of hydrogen-bond donors (Lipinski definition) is 0. The first-order valence-electron chi connectivity index (χ1n) is 3.37. The lowest BCUT2D eigenvalue weighted by molar-refractivity contribution is -0.142. The van der Waals surface area contributed by atoms with E-state index in [9.17, 15) is 4.79 Å². The monoisotopic (exact) mass is 153 g/mol. The zero-order chi connectivity index (χ0) is 8.69. The van der Waals surface area contributed by atoms with Crippen LogP contribution in [-0.2, 0) is 9.53 Å². The number of carbonyl (C=O) groups is 1. The van der Waals surface area contributed by atoms with Gasteiger partial charge >= 0.3 is 5.97 Å². The van der Waals surface area contributed by atoms with E-state index in [-0.39, 0.29) is 6.10 Å². The summed E-state index contributed by atoms with van der Waals surface area (Å²) in [6, 6.07) is 0. The van der Waals surface area contributed by atoms with Crippen molar-refractivity contribution in [3.8, 4) is 0 Å². The van der Waals surface area contributed by atoms with Gasteiger partial charge in [0.25, 0.3) is 0 Å². The molecule has 0 radical (unpaired) electrons. The first-order valence-corrected chi connectivity index (χ1v) is 3.37. The molecule has 0 saturated carbocycles. The second-order valence-electron chi connectivity index (χ2n) is 2.12. The van der Waals surface area contributed by atoms with Crippen LogP contribution in [0.2, 0.25) is 0 Å². The largest absolute Gasteiger partial charge is 0.459 e. The number of nitrogens with zero attached hydrogens (tertiary/aromatic N) is 1. The number of esters is 1. The van der Waals surface area contributed by atoms with Crippen molar-refractivity contribution in [2.75, 3.05) is 6.54 Å². The third-order valence-electron chi connectivity index (χ3n) is 1.13. The molecule has 0 fully saturated rings. The van der Waals surface area contributed by atoms with E-state index in [1.54, 1.807) is 6.92 Å². The summed E-state index contributed by atoms with van der Waals surface area (Å²) in [5.74, 6) is -0.428. The average Bonchev–Trinajstić information content (AvgIpc) is 2.00. The van der Waals surface area contributed by atoms with Crippen LogP contribution in [0.5, 0.6) is 0 Å². The standard InChI is InChI=1S/C8H11NO2/c1-4-8(10)11-7(2)5-6-9-3/h4,7H,1,5-6H2,2H3. The Morgan fingerprint density at radius 3 is 3.00 bits per heavy atom. The summed E-state index contributed by atoms with van der Waals surface area (Å²) in [5, 5.41) is 0. The van der Waals surface area contributed by atoms with Crippen LogP contribution in [-0.4, -0.2) is 18.6 Å². The normalized spacial score (nSPS) is 11.3. The van der Waals surface area contributed by atoms with Gasteiger partial charge in [0.05, 0.1) is 6.42 Å². The zero-order valence-corrected chi connectivity index (χ0v) is 6.54. The molecule has 0 heterocycles. The van der Waals surface area contributed by atoms with Crippen molar-refractivity contribution in [1.29, 1.82) is 0 Å². The van der Waals surface area contributed by atoms with Crippen LogP contribution >= 0.6 is 0 Å². The van der Waals surface area contributed by atoms with E-state index in [1.807, 2.05) is 0 Å². The Kier molecular flexibility index (Phi) is 4.83. The molecule has 0 aromatic heterocycles. The highest BCUT2D eigenvalue weighted by Crippen LogP contribution is 1.97. The van der Waals surface area contributed by atoms with E-state index in [1.165, 1.54) is 0 Å². The third kappa shape index (κ3) is 5.16. The van der Waals surface area contributed by atoms with E-state index < -0.39 is 5.97 Å². The van der Waals surface area contributed by atoms with Gasteiger partial charge in [-0.15, -0.1) is 0 Å². The van der Waals surface area contributed by atoms with Crippen molar-refractivity contribution in [2.45, 2.75) is 19.4 Å². The van der Waals surface area contributed by atoms with Gasteiger partial charge in [-0.25, -0.2) is 11.4 Å². The molecule has 60 valence electrons. The number of hydrogen-bond acceptors (Lipinski definition) is 2. The Morgan fingerprint density at radius 1 is 1.91 bits per heavy atom. The molecular formula is C8H11NO2. The van der Waals surface area contributed by atoms with E-state index in [2.05, 4.69) is 11.4 Å². The van der Waals surface area contributed by atoms with Crippen LogP contribution in [0, 0.1) is 6.57 Å². The summed E-state index contributed by atoms with van der Waals surface area (Å²) >= 11 is 0. The molecule has 0 aliphatic heterocycles. The van der Waals surface area contributed by atoms with Gasteiger partial charge in [-0.1, -0.05) is 6.58 Å². The first kappa shape index (κ1) is 9.70. The van der Waals surface area contributed by atoms with Gasteiger partial charge in [-0.05, 0) is 6.92 Å². The minimum Gasteiger partial charge on any atom is -0.459 e. The summed E-state index contributed by atoms with van der Waals surface area (Å²) in [6.07, 6.45) is 1.52. The summed E-state index contributed by atoms with van der Waals surface area (Å²) in [7, 11) is 0. The van der Waals surface area contributed by atoms with Crippen molar-refractivity contribution in [3.05, 3.63) is 24.1 Å². The Balaban J connectivity index is 3.53. The van der Waals surface area contributed by atoms with Crippen molar-refractivity contribution in [3.63, 3.8) is 0 Å². The van der Waals surface area contributed by atoms with Crippen molar-refractivity contribution in [2.24, 2.45) is 0 Å². The molecule has 0 aliphatic rings. The molecule has 3 heteroatoms. The minimum absolute atomic E-state index is 0.186. The van der Waals surface area contributed by atoms with Crippen LogP contribution in [0.1, 0.15) is 13.3 Å². The maximum atomic E-state index is 10.6. The maximum absolute atomic E-state index is 10.6. The predicted molar refractivity (Wildman–Crippen MR) is 41.8 cm³/mol. The SMILES string of the molecule is [C-]#[N+]CCC(C)OC(=O)C=C. The predicted octanol–water partition coefficient (Wildman–Crippen LogP) is 1.41. The second kappa shape index (κ2) is 5.48. The highest BCUT2D eigenvalue weighted by Gasteiger charge is 2.06. The van der Waals surface area contributed by atoms with Gasteiger partial charge in [0.15, 0.2) is 0 Å². The van der Waals surface area contributed by atoms with Crippen LogP contribution < -0.4 is 0 Å². The smallest absolute Gasteiger partial charge is 0.330 e. The second-order valence-corrected chi connectivity index (χ2v) is 2.12. The molecule has 11 heavy (non-hydrogen) atoms. The van der Waals surface area contributed by atoms with Gasteiger partial charge < -0.3 is 9.58 Å². The molecular weight excluding hydrogens is 142 g/mol. The van der Waals surface area contributed by atoms with E-state index in [4.69, 9.17) is 11.3 Å². The maximum Gasteiger partial charge on any atom is 0.330 e. The first-order chi connectivity index (χ1) is 5.20. The molecule has 0 aromatic carbocycles. The highest BCUT2D eigenvalue weighted by molar-refractivity contribution is 5.81. The van der Waals surface area contributed by atoms with E-state index in [0.29, 0.717) is 13.0 Å². The molecule has 0 bridgehead atoms. The van der Waals surface area contributed by atoms with Crippen molar-refractivity contribution < 1.29 is 9.53 Å². The summed E-state index contributed by atoms with van der Waals surface area (Å²) in [6.45, 7) is 11.9. The molecule has 0 spiro atoms. The molecule has 0 rings (SSSR count). The van der Waals surface area contributed by atoms with Crippen LogP contribution in [0.25, 0.3) is 4.85 Å². The van der Waals surface area contributed by atoms with Crippen LogP contribution in [0.15, 0.2) is 12.7 Å². The van der Waals surface area contributed by atoms with Gasteiger partial charge in [-0.3, -0.25) is 0 Å². The third-order valence-corrected chi connectivity index (χ3v) is 1.13. The fourth-order valence-corrected chi connectivity index (χ4v) is 0.552. The molecule has 1 atom stereocenters. The van der Waals surface area contributed by atoms with E-state index >= 15 is 0 Å². The Hall–Kier alpha value is -1.30. The van der Waals surface area contributed by atoms with Gasteiger partial charge in [-0.2, -0.15) is 0 Å². The molecule has 0 aliphatic carbocycles. The number of ether oxygens (including phenoxy) is 1. The lowest BCUT2D eigenvalue weighted by Crippen LogP contribution is -2.13. The summed E-state index contributed by atoms with van der Waals surface area (Å²) in [5.41, 5.74) is 0. The van der Waals surface area contributed by atoms with Gasteiger partial charge in [0.1, 0.15) is 6.10 Å². The lowest BCUT2D eigenvalue weighted by atomic mass is 10.3. The quantitative estimate of drug-likeness (QED) is 0.347. The van der Waals surface area contributed by atoms with Crippen LogP contribution in [0.4, 0.5) is 0 Å². The van der Waals surface area contributed by atoms with Crippen LogP contribution in [0.3, 0.4) is 0 Å². The molecule has 0 saturated heterocycles. The lowest BCUT2D eigenvalue weighted by Gasteiger charge is -2.07. The summed E-state index contributed by atoms with van der Waals surface area (Å²) < 4.78 is 4.80. The fraction of sp³-hybridized carbons (Fsp3) is 0.500. The minimum atomic E-state index is -0.428. The fourth-order valence-electron chi connectivity index (χ4n) is 0.552. The zero-order valence-electron chi connectivity index (χ0n) is 6.54. The molecule has 0 N–H and O–H groups in total. The molecule has 3 nitrogen and oxygen atoms in total. The molecule has 0 aromatic rings. The Morgan fingerprint density at radius 2 is 2.55 bits per heavy atom. The van der Waals surface area contributed by atoms with E-state index in [0.717, 1.165) is 6.08 Å². The number of carbonyl (C=O) groups excluding carboxylic acids is 1. The topological polar surface area (TPSA) is 30.7 Å². The van der Waals surface area contributed by atoms with Gasteiger partial charge in [0.2, 0.25) is 6.54 Å². The molecule has 1 unspecified atom stereocenters. The van der Waals surface area contributed by atoms with Gasteiger partial charge in [0, 0.05) is 6.08 Å². The number of rotatable bonds is 4. The van der Waals surface area contributed by atoms with Crippen molar-refractivity contribution >= 4 is 5.97 Å². The average molecular weight is 153 g/mol. The Bertz CT molecular complexity index is 181. The Labute approximate surface area is 66.5 Å².